The van der Waals surface area contributed by atoms with Gasteiger partial charge in [0.15, 0.2) is 0 Å². The van der Waals surface area contributed by atoms with E-state index in [4.69, 9.17) is 5.73 Å². The summed E-state index contributed by atoms with van der Waals surface area (Å²) in [4.78, 5) is 37.7. The molecule has 3 amide bonds. The molecular weight excluding hydrogens is 344 g/mol. The Morgan fingerprint density at radius 3 is 2.78 bits per heavy atom. The lowest BCUT2D eigenvalue weighted by molar-refractivity contribution is -0.136. The average Bonchev–Trinajstić information content (AvgIpc) is 3.18. The van der Waals surface area contributed by atoms with Gasteiger partial charge in [-0.05, 0) is 55.3 Å². The highest BCUT2D eigenvalue weighted by Gasteiger charge is 2.39. The van der Waals surface area contributed by atoms with E-state index < -0.39 is 6.04 Å². The van der Waals surface area contributed by atoms with Gasteiger partial charge in [-0.3, -0.25) is 19.7 Å². The smallest absolute Gasteiger partial charge is 0.255 e. The van der Waals surface area contributed by atoms with Crippen LogP contribution < -0.4 is 16.4 Å². The zero-order valence-electron chi connectivity index (χ0n) is 15.4. The zero-order chi connectivity index (χ0) is 19.0. The van der Waals surface area contributed by atoms with Gasteiger partial charge in [0.2, 0.25) is 11.8 Å². The third-order valence-electron chi connectivity index (χ3n) is 5.93. The zero-order valence-corrected chi connectivity index (χ0v) is 15.4. The summed E-state index contributed by atoms with van der Waals surface area (Å²) >= 11 is 0. The predicted molar refractivity (Wildman–Crippen MR) is 99.5 cm³/mol. The van der Waals surface area contributed by atoms with Crippen LogP contribution in [-0.2, 0) is 22.7 Å². The lowest BCUT2D eigenvalue weighted by atomic mass is 10.0. The summed E-state index contributed by atoms with van der Waals surface area (Å²) in [5.41, 5.74) is 8.70. The highest BCUT2D eigenvalue weighted by molar-refractivity contribution is 6.05. The van der Waals surface area contributed by atoms with Crippen LogP contribution in [0, 0.1) is 5.92 Å². The van der Waals surface area contributed by atoms with E-state index in [0.29, 0.717) is 30.5 Å². The number of carbonyl (C=O) groups is 3. The Morgan fingerprint density at radius 2 is 2.04 bits per heavy atom. The number of amides is 3. The first-order chi connectivity index (χ1) is 13.0. The van der Waals surface area contributed by atoms with Gasteiger partial charge in [-0.2, -0.15) is 0 Å². The second-order valence-corrected chi connectivity index (χ2v) is 7.96. The van der Waals surface area contributed by atoms with Crippen molar-refractivity contribution < 1.29 is 14.4 Å². The van der Waals surface area contributed by atoms with Crippen LogP contribution in [-0.4, -0.2) is 41.2 Å². The van der Waals surface area contributed by atoms with Crippen molar-refractivity contribution in [2.24, 2.45) is 11.7 Å². The van der Waals surface area contributed by atoms with Crippen molar-refractivity contribution in [3.05, 3.63) is 34.9 Å². The van der Waals surface area contributed by atoms with Gasteiger partial charge in [0.25, 0.3) is 5.91 Å². The van der Waals surface area contributed by atoms with E-state index in [1.165, 1.54) is 6.42 Å². The fourth-order valence-electron chi connectivity index (χ4n) is 4.46. The maximum absolute atomic E-state index is 12.7. The van der Waals surface area contributed by atoms with Crippen molar-refractivity contribution in [1.29, 1.82) is 0 Å². The van der Waals surface area contributed by atoms with E-state index in [-0.39, 0.29) is 24.1 Å². The van der Waals surface area contributed by atoms with Gasteiger partial charge >= 0.3 is 0 Å². The predicted octanol–water partition coefficient (Wildman–Crippen LogP) is 0.665. The lowest BCUT2D eigenvalue weighted by Gasteiger charge is -2.29. The lowest BCUT2D eigenvalue weighted by Crippen LogP contribution is -2.52. The number of hydrogen-bond acceptors (Lipinski definition) is 5. The summed E-state index contributed by atoms with van der Waals surface area (Å²) < 4.78 is 0. The van der Waals surface area contributed by atoms with Gasteiger partial charge in [0.1, 0.15) is 6.04 Å². The minimum Gasteiger partial charge on any atom is -0.328 e. The molecule has 1 saturated carbocycles. The number of nitrogens with zero attached hydrogens (tertiary/aromatic N) is 1. The molecule has 2 fully saturated rings. The second-order valence-electron chi connectivity index (χ2n) is 7.96. The Bertz CT molecular complexity index is 778. The number of hydrogen-bond donors (Lipinski definition) is 3. The Hall–Kier alpha value is -2.25. The summed E-state index contributed by atoms with van der Waals surface area (Å²) in [6.07, 6.45) is 4.06. The van der Waals surface area contributed by atoms with E-state index >= 15 is 0 Å². The molecule has 4 N–H and O–H groups in total. The molecule has 1 aromatic carbocycles. The molecule has 27 heavy (non-hydrogen) atoms. The van der Waals surface area contributed by atoms with Gasteiger partial charge in [-0.15, -0.1) is 0 Å². The van der Waals surface area contributed by atoms with Gasteiger partial charge < -0.3 is 16.0 Å². The van der Waals surface area contributed by atoms with E-state index in [9.17, 15) is 14.4 Å². The van der Waals surface area contributed by atoms with Crippen LogP contribution in [0.3, 0.4) is 0 Å². The number of benzene rings is 1. The first-order valence-electron chi connectivity index (χ1n) is 9.74. The maximum Gasteiger partial charge on any atom is 0.255 e. The van der Waals surface area contributed by atoms with Crippen molar-refractivity contribution in [2.75, 3.05) is 6.54 Å². The monoisotopic (exact) mass is 370 g/mol. The molecule has 144 valence electrons. The molecule has 3 aliphatic rings. The van der Waals surface area contributed by atoms with Gasteiger partial charge in [0, 0.05) is 31.1 Å². The standard InChI is InChI=1S/C20H26N4O3/c21-15-3-1-13(8-15)10-22-9-12-2-4-16-14(7-12)11-24(20(16)27)17-5-6-18(25)23-19(17)26/h2,4,7,13,15,17,22H,1,3,5-6,8-11,21H2,(H,23,25,26)/t13-,15+,17?/m0/s1. The fourth-order valence-corrected chi connectivity index (χ4v) is 4.46. The van der Waals surface area contributed by atoms with E-state index in [2.05, 4.69) is 10.6 Å². The van der Waals surface area contributed by atoms with Gasteiger partial charge in [-0.25, -0.2) is 0 Å². The molecular formula is C20H26N4O3. The number of nitrogens with two attached hydrogens (primary N) is 1. The molecule has 1 unspecified atom stereocenters. The molecule has 3 atom stereocenters. The summed E-state index contributed by atoms with van der Waals surface area (Å²) in [6.45, 7) is 2.14. The summed E-state index contributed by atoms with van der Waals surface area (Å²) in [5, 5.41) is 5.83. The molecule has 1 saturated heterocycles. The maximum atomic E-state index is 12.7. The number of imide groups is 1. The largest absolute Gasteiger partial charge is 0.328 e. The van der Waals surface area contributed by atoms with Crippen LogP contribution in [0.2, 0.25) is 0 Å². The fraction of sp³-hybridized carbons (Fsp3) is 0.550. The SMILES string of the molecule is N[C@@H]1CC[C@H](CNCc2ccc3c(c2)CN(C2CCC(=O)NC2=O)C3=O)C1. The van der Waals surface area contributed by atoms with Gasteiger partial charge in [-0.1, -0.05) is 12.1 Å². The number of carbonyl (C=O) groups excluding carboxylic acids is 3. The Kier molecular flexibility index (Phi) is 4.97. The molecule has 2 heterocycles. The van der Waals surface area contributed by atoms with Crippen molar-refractivity contribution in [3.8, 4) is 0 Å². The second kappa shape index (κ2) is 7.40. The molecule has 7 heteroatoms. The molecule has 0 spiro atoms. The normalized spacial score (nSPS) is 27.8. The molecule has 7 nitrogen and oxygen atoms in total. The molecule has 1 aliphatic carbocycles. The third-order valence-corrected chi connectivity index (χ3v) is 5.93. The van der Waals surface area contributed by atoms with Crippen molar-refractivity contribution in [1.82, 2.24) is 15.5 Å². The van der Waals surface area contributed by atoms with Crippen LogP contribution in [0.15, 0.2) is 18.2 Å². The number of fused-ring (bicyclic) bond motifs is 1. The molecule has 4 rings (SSSR count). The first kappa shape index (κ1) is 18.1. The minimum atomic E-state index is -0.559. The summed E-state index contributed by atoms with van der Waals surface area (Å²) in [7, 11) is 0. The average molecular weight is 370 g/mol. The van der Waals surface area contributed by atoms with E-state index in [0.717, 1.165) is 37.1 Å². The highest BCUT2D eigenvalue weighted by Crippen LogP contribution is 2.28. The summed E-state index contributed by atoms with van der Waals surface area (Å²) in [6, 6.07) is 5.66. The van der Waals surface area contributed by atoms with Crippen molar-refractivity contribution in [3.63, 3.8) is 0 Å². The first-order valence-corrected chi connectivity index (χ1v) is 9.74. The third kappa shape index (κ3) is 3.75. The van der Waals surface area contributed by atoms with Crippen LogP contribution in [0.25, 0.3) is 0 Å². The molecule has 0 radical (unpaired) electrons. The van der Waals surface area contributed by atoms with E-state index in [1.54, 1.807) is 4.90 Å². The van der Waals surface area contributed by atoms with Crippen LogP contribution in [0.4, 0.5) is 0 Å². The number of nitrogens with one attached hydrogen (secondary N) is 2. The quantitative estimate of drug-likeness (QED) is 0.661. The molecule has 2 aliphatic heterocycles. The van der Waals surface area contributed by atoms with Crippen LogP contribution >= 0.6 is 0 Å². The topological polar surface area (TPSA) is 105 Å². The Balaban J connectivity index is 1.37. The minimum absolute atomic E-state index is 0.126. The molecule has 0 aromatic heterocycles. The Labute approximate surface area is 158 Å². The van der Waals surface area contributed by atoms with Gasteiger partial charge in [0.05, 0.1) is 0 Å². The summed E-state index contributed by atoms with van der Waals surface area (Å²) in [5.74, 6) is -0.112. The van der Waals surface area contributed by atoms with Crippen molar-refractivity contribution in [2.45, 2.75) is 57.3 Å². The van der Waals surface area contributed by atoms with Crippen LogP contribution in [0.5, 0.6) is 0 Å². The molecule has 1 aromatic rings. The molecule has 0 bridgehead atoms. The van der Waals surface area contributed by atoms with Crippen molar-refractivity contribution >= 4 is 17.7 Å². The van der Waals surface area contributed by atoms with Crippen LogP contribution in [0.1, 0.15) is 53.6 Å². The highest BCUT2D eigenvalue weighted by atomic mass is 16.2. The Morgan fingerprint density at radius 1 is 1.19 bits per heavy atom. The number of piperidine rings is 1. The van der Waals surface area contributed by atoms with E-state index in [1.807, 2.05) is 18.2 Å². The number of rotatable bonds is 5.